The minimum atomic E-state index is -1.31. The quantitative estimate of drug-likeness (QED) is 0.616. The predicted molar refractivity (Wildman–Crippen MR) is 80.6 cm³/mol. The first-order valence-corrected chi connectivity index (χ1v) is 7.88. The van der Waals surface area contributed by atoms with E-state index in [9.17, 15) is 24.8 Å². The van der Waals surface area contributed by atoms with Gasteiger partial charge in [0.2, 0.25) is 0 Å². The number of amides is 1. The van der Waals surface area contributed by atoms with Crippen molar-refractivity contribution in [2.24, 2.45) is 0 Å². The fourth-order valence-corrected chi connectivity index (χ4v) is 3.72. The first kappa shape index (κ1) is 15.8. The number of hydrogen-bond donors (Lipinski definition) is 2. The molecule has 1 aliphatic rings. The molecule has 1 amide bonds. The van der Waals surface area contributed by atoms with E-state index in [4.69, 9.17) is 0 Å². The first-order chi connectivity index (χ1) is 9.85. The molecule has 1 unspecified atom stereocenters. The molecule has 0 spiro atoms. The van der Waals surface area contributed by atoms with Gasteiger partial charge in [-0.05, 0) is 34.2 Å². The number of aliphatic carboxylic acids is 1. The number of nitro groups is 1. The average molecular weight is 375 g/mol. The summed E-state index contributed by atoms with van der Waals surface area (Å²) in [4.78, 5) is 33.8. The van der Waals surface area contributed by atoms with Gasteiger partial charge in [-0.1, -0.05) is 0 Å². The summed E-state index contributed by atoms with van der Waals surface area (Å²) in [6, 6.07) is 3.78. The molecule has 1 fully saturated rings. The third kappa shape index (κ3) is 3.18. The lowest BCUT2D eigenvalue weighted by Crippen LogP contribution is -2.54. The van der Waals surface area contributed by atoms with Crippen LogP contribution in [-0.2, 0) is 4.79 Å². The van der Waals surface area contributed by atoms with Gasteiger partial charge in [-0.15, -0.1) is 0 Å². The van der Waals surface area contributed by atoms with E-state index in [-0.39, 0.29) is 17.0 Å². The number of non-ortho nitro benzene ring substituents is 1. The summed E-state index contributed by atoms with van der Waals surface area (Å²) >= 11 is 4.59. The van der Waals surface area contributed by atoms with E-state index in [0.29, 0.717) is 16.6 Å². The monoisotopic (exact) mass is 374 g/mol. The molecule has 112 valence electrons. The number of halogens is 1. The van der Waals surface area contributed by atoms with Crippen LogP contribution >= 0.6 is 27.7 Å². The average Bonchev–Trinajstić information content (AvgIpc) is 2.88. The lowest BCUT2D eigenvalue weighted by atomic mass is 9.98. The summed E-state index contributed by atoms with van der Waals surface area (Å²) in [6.07, 6.45) is 0.325. The van der Waals surface area contributed by atoms with Gasteiger partial charge in [0.1, 0.15) is 5.54 Å². The fourth-order valence-electron chi connectivity index (χ4n) is 1.97. The maximum Gasteiger partial charge on any atom is 0.330 e. The van der Waals surface area contributed by atoms with Crippen molar-refractivity contribution >= 4 is 45.3 Å². The van der Waals surface area contributed by atoms with Crippen molar-refractivity contribution in [1.29, 1.82) is 0 Å². The molecule has 0 saturated carbocycles. The zero-order chi connectivity index (χ0) is 15.6. The Morgan fingerprint density at radius 1 is 1.48 bits per heavy atom. The third-order valence-corrected chi connectivity index (χ3v) is 5.07. The van der Waals surface area contributed by atoms with Gasteiger partial charge in [-0.3, -0.25) is 14.9 Å². The van der Waals surface area contributed by atoms with Crippen molar-refractivity contribution in [2.45, 2.75) is 12.0 Å². The Morgan fingerprint density at radius 3 is 2.71 bits per heavy atom. The number of hydrogen-bond acceptors (Lipinski definition) is 5. The molecule has 9 heteroatoms. The topological polar surface area (TPSA) is 110 Å². The van der Waals surface area contributed by atoms with E-state index < -0.39 is 22.3 Å². The Hall–Kier alpha value is -1.61. The molecule has 0 bridgehead atoms. The minimum Gasteiger partial charge on any atom is -0.479 e. The maximum absolute atomic E-state index is 12.3. The van der Waals surface area contributed by atoms with Gasteiger partial charge in [0.05, 0.1) is 10.5 Å². The van der Waals surface area contributed by atoms with Gasteiger partial charge in [0.15, 0.2) is 0 Å². The van der Waals surface area contributed by atoms with Crippen molar-refractivity contribution in [3.8, 4) is 0 Å². The first-order valence-electron chi connectivity index (χ1n) is 5.93. The molecule has 1 saturated heterocycles. The lowest BCUT2D eigenvalue weighted by molar-refractivity contribution is -0.384. The zero-order valence-electron chi connectivity index (χ0n) is 10.7. The number of carbonyl (C=O) groups is 2. The predicted octanol–water partition coefficient (Wildman–Crippen LogP) is 2.05. The van der Waals surface area contributed by atoms with E-state index in [0.717, 1.165) is 6.07 Å². The van der Waals surface area contributed by atoms with Gasteiger partial charge in [-0.2, -0.15) is 11.8 Å². The molecule has 1 heterocycles. The standard InChI is InChI=1S/C12H11BrN2O5S/c13-9-2-1-7(15(19)20)5-8(9)10(16)14-12(11(17)18)3-4-21-6-12/h1-2,5H,3-4,6H2,(H,14,16)(H,17,18). The van der Waals surface area contributed by atoms with E-state index >= 15 is 0 Å². The summed E-state index contributed by atoms with van der Waals surface area (Å²) in [7, 11) is 0. The lowest BCUT2D eigenvalue weighted by Gasteiger charge is -2.24. The highest BCUT2D eigenvalue weighted by atomic mass is 79.9. The fraction of sp³-hybridized carbons (Fsp3) is 0.333. The van der Waals surface area contributed by atoms with Crippen molar-refractivity contribution in [3.05, 3.63) is 38.3 Å². The number of carboxylic acids is 1. The molecule has 0 aromatic heterocycles. The molecular formula is C12H11BrN2O5S. The van der Waals surface area contributed by atoms with Crippen LogP contribution in [0.4, 0.5) is 5.69 Å². The van der Waals surface area contributed by atoms with E-state index in [1.54, 1.807) is 0 Å². The van der Waals surface area contributed by atoms with Crippen LogP contribution in [0.1, 0.15) is 16.8 Å². The van der Waals surface area contributed by atoms with Crippen LogP contribution in [0.3, 0.4) is 0 Å². The van der Waals surface area contributed by atoms with Crippen LogP contribution in [0, 0.1) is 10.1 Å². The Bertz CT molecular complexity index is 616. The van der Waals surface area contributed by atoms with Crippen molar-refractivity contribution in [1.82, 2.24) is 5.32 Å². The smallest absolute Gasteiger partial charge is 0.330 e. The molecule has 0 aliphatic carbocycles. The Labute approximate surface area is 132 Å². The summed E-state index contributed by atoms with van der Waals surface area (Å²) in [5, 5.41) is 22.6. The number of thioether (sulfide) groups is 1. The van der Waals surface area contributed by atoms with Crippen molar-refractivity contribution < 1.29 is 19.6 Å². The largest absolute Gasteiger partial charge is 0.479 e. The van der Waals surface area contributed by atoms with E-state index in [1.165, 1.54) is 23.9 Å². The molecular weight excluding hydrogens is 364 g/mol. The summed E-state index contributed by atoms with van der Waals surface area (Å²) in [5.74, 6) is -0.818. The number of benzene rings is 1. The van der Waals surface area contributed by atoms with Crippen molar-refractivity contribution in [2.75, 3.05) is 11.5 Å². The third-order valence-electron chi connectivity index (χ3n) is 3.19. The highest BCUT2D eigenvalue weighted by Gasteiger charge is 2.43. The number of carbonyl (C=O) groups excluding carboxylic acids is 1. The molecule has 7 nitrogen and oxygen atoms in total. The zero-order valence-corrected chi connectivity index (χ0v) is 13.1. The highest BCUT2D eigenvalue weighted by molar-refractivity contribution is 9.10. The molecule has 1 aromatic carbocycles. The number of carboxylic acid groups (broad SMARTS) is 1. The van der Waals surface area contributed by atoms with Crippen LogP contribution in [0.15, 0.2) is 22.7 Å². The second kappa shape index (κ2) is 6.02. The number of nitro benzene ring substituents is 1. The van der Waals surface area contributed by atoms with Gasteiger partial charge >= 0.3 is 5.97 Å². The number of rotatable bonds is 4. The Balaban J connectivity index is 2.30. The number of nitrogens with zero attached hydrogens (tertiary/aromatic N) is 1. The van der Waals surface area contributed by atoms with Crippen LogP contribution in [0.2, 0.25) is 0 Å². The second-order valence-corrected chi connectivity index (χ2v) is 6.52. The number of nitrogens with one attached hydrogen (secondary N) is 1. The molecule has 21 heavy (non-hydrogen) atoms. The SMILES string of the molecule is O=C(NC1(C(=O)O)CCSC1)c1cc([N+](=O)[O-])ccc1Br. The van der Waals surface area contributed by atoms with Gasteiger partial charge in [-0.25, -0.2) is 4.79 Å². The normalized spacial score (nSPS) is 21.0. The van der Waals surface area contributed by atoms with Crippen LogP contribution in [0.5, 0.6) is 0 Å². The van der Waals surface area contributed by atoms with Gasteiger partial charge in [0.25, 0.3) is 11.6 Å². The van der Waals surface area contributed by atoms with Crippen LogP contribution < -0.4 is 5.32 Å². The molecule has 1 atom stereocenters. The Morgan fingerprint density at radius 2 is 2.19 bits per heavy atom. The van der Waals surface area contributed by atoms with Crippen molar-refractivity contribution in [3.63, 3.8) is 0 Å². The van der Waals surface area contributed by atoms with Gasteiger partial charge in [0, 0.05) is 22.4 Å². The van der Waals surface area contributed by atoms with E-state index in [1.807, 2.05) is 0 Å². The molecule has 2 rings (SSSR count). The van der Waals surface area contributed by atoms with Gasteiger partial charge < -0.3 is 10.4 Å². The summed E-state index contributed by atoms with van der Waals surface area (Å²) < 4.78 is 0.372. The molecule has 2 N–H and O–H groups in total. The summed E-state index contributed by atoms with van der Waals surface area (Å²) in [5.41, 5.74) is -1.50. The maximum atomic E-state index is 12.3. The molecule has 1 aromatic rings. The van der Waals surface area contributed by atoms with Crippen LogP contribution in [-0.4, -0.2) is 39.0 Å². The Kier molecular flexibility index (Phi) is 4.52. The second-order valence-electron chi connectivity index (χ2n) is 4.57. The molecule has 1 aliphatic heterocycles. The van der Waals surface area contributed by atoms with E-state index in [2.05, 4.69) is 21.2 Å². The minimum absolute atomic E-state index is 0.0433. The highest BCUT2D eigenvalue weighted by Crippen LogP contribution is 2.30. The summed E-state index contributed by atoms with van der Waals surface area (Å²) in [6.45, 7) is 0. The van der Waals surface area contributed by atoms with Crippen LogP contribution in [0.25, 0.3) is 0 Å². The molecule has 0 radical (unpaired) electrons.